The first kappa shape index (κ1) is 15.8. The van der Waals surface area contributed by atoms with Crippen LogP contribution in [0.4, 0.5) is 0 Å². The number of ether oxygens (including phenoxy) is 1. The first-order chi connectivity index (χ1) is 10.1. The molecule has 1 aromatic rings. The van der Waals surface area contributed by atoms with Crippen LogP contribution < -0.4 is 10.1 Å². The maximum atomic E-state index is 11.9. The molecule has 0 saturated heterocycles. The summed E-state index contributed by atoms with van der Waals surface area (Å²) >= 11 is 0. The maximum Gasteiger partial charge on any atom is 0.223 e. The molecule has 1 aliphatic carbocycles. The molecule has 0 spiro atoms. The van der Waals surface area contributed by atoms with E-state index in [2.05, 4.69) is 5.32 Å². The van der Waals surface area contributed by atoms with Crippen molar-refractivity contribution in [2.24, 2.45) is 0 Å². The zero-order valence-electron chi connectivity index (χ0n) is 12.9. The highest BCUT2D eigenvalue weighted by Crippen LogP contribution is 2.21. The van der Waals surface area contributed by atoms with E-state index in [4.69, 9.17) is 4.74 Å². The second kappa shape index (κ2) is 7.46. The van der Waals surface area contributed by atoms with Gasteiger partial charge in [0.25, 0.3) is 0 Å². The molecule has 0 aliphatic heterocycles. The molecule has 4 heteroatoms. The second-order valence-corrected chi connectivity index (χ2v) is 5.82. The van der Waals surface area contributed by atoms with Crippen LogP contribution in [0.25, 0.3) is 0 Å². The summed E-state index contributed by atoms with van der Waals surface area (Å²) in [5.41, 5.74) is 2.29. The zero-order valence-corrected chi connectivity index (χ0v) is 12.9. The number of carbonyl (C=O) groups excluding carboxylic acids is 1. The molecule has 1 aliphatic rings. The van der Waals surface area contributed by atoms with Crippen molar-refractivity contribution in [2.45, 2.75) is 58.1 Å². The molecule has 21 heavy (non-hydrogen) atoms. The minimum absolute atomic E-state index is 0.0498. The number of rotatable bonds is 5. The summed E-state index contributed by atoms with van der Waals surface area (Å²) < 4.78 is 5.68. The van der Waals surface area contributed by atoms with Crippen LogP contribution in [0.5, 0.6) is 5.75 Å². The van der Waals surface area contributed by atoms with Crippen LogP contribution in [-0.2, 0) is 4.79 Å². The van der Waals surface area contributed by atoms with Crippen LogP contribution in [-0.4, -0.2) is 29.8 Å². The lowest BCUT2D eigenvalue weighted by Gasteiger charge is -2.28. The third kappa shape index (κ3) is 4.46. The van der Waals surface area contributed by atoms with E-state index in [0.29, 0.717) is 13.0 Å². The van der Waals surface area contributed by atoms with Crippen molar-refractivity contribution in [1.29, 1.82) is 0 Å². The lowest BCUT2D eigenvalue weighted by molar-refractivity contribution is -0.123. The summed E-state index contributed by atoms with van der Waals surface area (Å²) in [4.78, 5) is 11.9. The van der Waals surface area contributed by atoms with Crippen LogP contribution in [0.3, 0.4) is 0 Å². The predicted molar refractivity (Wildman–Crippen MR) is 82.4 cm³/mol. The standard InChI is InChI=1S/C17H25NO3/c1-12-6-5-9-16(13(12)2)21-11-10-17(20)18-14-7-3-4-8-15(14)19/h5-6,9,14-15,19H,3-4,7-8,10-11H2,1-2H3,(H,18,20)/t14-,15-/m0/s1. The van der Waals surface area contributed by atoms with Gasteiger partial charge in [-0.05, 0) is 43.9 Å². The molecule has 4 nitrogen and oxygen atoms in total. The number of carbonyl (C=O) groups is 1. The van der Waals surface area contributed by atoms with E-state index in [1.165, 1.54) is 5.56 Å². The lowest BCUT2D eigenvalue weighted by atomic mass is 9.92. The smallest absolute Gasteiger partial charge is 0.223 e. The van der Waals surface area contributed by atoms with Gasteiger partial charge in [0, 0.05) is 0 Å². The Balaban J connectivity index is 1.75. The summed E-state index contributed by atoms with van der Waals surface area (Å²) in [7, 11) is 0. The number of nitrogens with one attached hydrogen (secondary N) is 1. The highest BCUT2D eigenvalue weighted by atomic mass is 16.5. The maximum absolute atomic E-state index is 11.9. The molecule has 0 radical (unpaired) electrons. The Morgan fingerprint density at radius 3 is 2.86 bits per heavy atom. The van der Waals surface area contributed by atoms with Crippen LogP contribution in [0.1, 0.15) is 43.2 Å². The third-order valence-electron chi connectivity index (χ3n) is 4.22. The Bertz CT molecular complexity index is 487. The van der Waals surface area contributed by atoms with Gasteiger partial charge >= 0.3 is 0 Å². The van der Waals surface area contributed by atoms with Crippen molar-refractivity contribution < 1.29 is 14.6 Å². The van der Waals surface area contributed by atoms with Gasteiger partial charge in [0.1, 0.15) is 5.75 Å². The normalized spacial score (nSPS) is 21.9. The van der Waals surface area contributed by atoms with Gasteiger partial charge in [-0.1, -0.05) is 25.0 Å². The third-order valence-corrected chi connectivity index (χ3v) is 4.22. The van der Waals surface area contributed by atoms with Crippen molar-refractivity contribution in [3.8, 4) is 5.75 Å². The molecule has 0 unspecified atom stereocenters. The van der Waals surface area contributed by atoms with Crippen LogP contribution in [0.15, 0.2) is 18.2 Å². The van der Waals surface area contributed by atoms with Crippen molar-refractivity contribution >= 4 is 5.91 Å². The molecule has 2 rings (SSSR count). The number of hydrogen-bond acceptors (Lipinski definition) is 3. The molecule has 0 aromatic heterocycles. The fraction of sp³-hybridized carbons (Fsp3) is 0.588. The average Bonchev–Trinajstić information content (AvgIpc) is 2.46. The van der Waals surface area contributed by atoms with E-state index in [-0.39, 0.29) is 11.9 Å². The van der Waals surface area contributed by atoms with Crippen molar-refractivity contribution in [3.05, 3.63) is 29.3 Å². The van der Waals surface area contributed by atoms with E-state index in [1.54, 1.807) is 0 Å². The SMILES string of the molecule is Cc1cccc(OCCC(=O)N[C@H]2CCCC[C@@H]2O)c1C. The van der Waals surface area contributed by atoms with Crippen molar-refractivity contribution in [1.82, 2.24) is 5.32 Å². The molecular weight excluding hydrogens is 266 g/mol. The average molecular weight is 291 g/mol. The first-order valence-corrected chi connectivity index (χ1v) is 7.74. The Kier molecular flexibility index (Phi) is 5.62. The highest BCUT2D eigenvalue weighted by Gasteiger charge is 2.24. The molecule has 1 amide bonds. The molecule has 116 valence electrons. The zero-order chi connectivity index (χ0) is 15.2. The molecular formula is C17H25NO3. The molecule has 1 fully saturated rings. The highest BCUT2D eigenvalue weighted by molar-refractivity contribution is 5.76. The second-order valence-electron chi connectivity index (χ2n) is 5.82. The summed E-state index contributed by atoms with van der Waals surface area (Å²) in [6.07, 6.45) is 3.68. The van der Waals surface area contributed by atoms with Gasteiger partial charge < -0.3 is 15.2 Å². The summed E-state index contributed by atoms with van der Waals surface area (Å²) in [5, 5.41) is 12.8. The van der Waals surface area contributed by atoms with Crippen molar-refractivity contribution in [2.75, 3.05) is 6.61 Å². The first-order valence-electron chi connectivity index (χ1n) is 7.74. The number of benzene rings is 1. The monoisotopic (exact) mass is 291 g/mol. The number of amides is 1. The Morgan fingerprint density at radius 1 is 1.33 bits per heavy atom. The largest absolute Gasteiger partial charge is 0.493 e. The van der Waals surface area contributed by atoms with Gasteiger partial charge in [0.2, 0.25) is 5.91 Å². The molecule has 2 N–H and O–H groups in total. The molecule has 2 atom stereocenters. The van der Waals surface area contributed by atoms with E-state index in [9.17, 15) is 9.90 Å². The van der Waals surface area contributed by atoms with Crippen LogP contribution >= 0.6 is 0 Å². The van der Waals surface area contributed by atoms with Crippen LogP contribution in [0, 0.1) is 13.8 Å². The topological polar surface area (TPSA) is 58.6 Å². The summed E-state index contributed by atoms with van der Waals surface area (Å²) in [5.74, 6) is 0.784. The van der Waals surface area contributed by atoms with E-state index >= 15 is 0 Å². The fourth-order valence-electron chi connectivity index (χ4n) is 2.69. The number of hydrogen-bond donors (Lipinski definition) is 2. The molecule has 0 heterocycles. The predicted octanol–water partition coefficient (Wildman–Crippen LogP) is 2.49. The van der Waals surface area contributed by atoms with E-state index < -0.39 is 6.10 Å². The van der Waals surface area contributed by atoms with Crippen LogP contribution in [0.2, 0.25) is 0 Å². The Labute approximate surface area is 126 Å². The van der Waals surface area contributed by atoms with E-state index in [0.717, 1.165) is 37.0 Å². The van der Waals surface area contributed by atoms with Gasteiger partial charge in [-0.25, -0.2) is 0 Å². The summed E-state index contributed by atoms with van der Waals surface area (Å²) in [6, 6.07) is 5.83. The van der Waals surface area contributed by atoms with Gasteiger partial charge in [-0.2, -0.15) is 0 Å². The van der Waals surface area contributed by atoms with Crippen molar-refractivity contribution in [3.63, 3.8) is 0 Å². The Hall–Kier alpha value is -1.55. The summed E-state index contributed by atoms with van der Waals surface area (Å²) in [6.45, 7) is 4.42. The fourth-order valence-corrected chi connectivity index (χ4v) is 2.69. The van der Waals surface area contributed by atoms with Gasteiger partial charge in [-0.3, -0.25) is 4.79 Å². The van der Waals surface area contributed by atoms with Gasteiger partial charge in [-0.15, -0.1) is 0 Å². The molecule has 1 aromatic carbocycles. The molecule has 0 bridgehead atoms. The lowest BCUT2D eigenvalue weighted by Crippen LogP contribution is -2.45. The number of aliphatic hydroxyl groups is 1. The van der Waals surface area contributed by atoms with E-state index in [1.807, 2.05) is 32.0 Å². The van der Waals surface area contributed by atoms with Gasteiger partial charge in [0.15, 0.2) is 0 Å². The minimum atomic E-state index is -0.400. The number of aliphatic hydroxyl groups excluding tert-OH is 1. The van der Waals surface area contributed by atoms with Gasteiger partial charge in [0.05, 0.1) is 25.2 Å². The molecule has 1 saturated carbocycles. The number of aryl methyl sites for hydroxylation is 1. The quantitative estimate of drug-likeness (QED) is 0.876. The minimum Gasteiger partial charge on any atom is -0.493 e. The Morgan fingerprint density at radius 2 is 2.10 bits per heavy atom.